The number of aryl methyl sites for hydroxylation is 1. The summed E-state index contributed by atoms with van der Waals surface area (Å²) in [7, 11) is 0. The van der Waals surface area contributed by atoms with Gasteiger partial charge in [0.1, 0.15) is 0 Å². The molecule has 156 valence electrons. The van der Waals surface area contributed by atoms with Gasteiger partial charge in [0, 0.05) is 37.4 Å². The van der Waals surface area contributed by atoms with Gasteiger partial charge in [-0.15, -0.1) is 10.2 Å². The van der Waals surface area contributed by atoms with Crippen LogP contribution in [-0.4, -0.2) is 58.6 Å². The summed E-state index contributed by atoms with van der Waals surface area (Å²) in [6.45, 7) is 7.86. The Morgan fingerprint density at radius 2 is 1.73 bits per heavy atom. The molecule has 1 amide bonds. The number of hydrogen-bond acceptors (Lipinski definition) is 6. The predicted molar refractivity (Wildman–Crippen MR) is 116 cm³/mol. The van der Waals surface area contributed by atoms with Gasteiger partial charge in [-0.3, -0.25) is 14.6 Å². The maximum absolute atomic E-state index is 12.3. The van der Waals surface area contributed by atoms with Crippen molar-refractivity contribution in [1.29, 1.82) is 0 Å². The van der Waals surface area contributed by atoms with E-state index in [1.54, 1.807) is 0 Å². The molecule has 1 N–H and O–H groups in total. The van der Waals surface area contributed by atoms with Crippen molar-refractivity contribution in [3.05, 3.63) is 66.1 Å². The highest BCUT2D eigenvalue weighted by atomic mass is 16.4. The highest BCUT2D eigenvalue weighted by molar-refractivity contribution is 5.92. The van der Waals surface area contributed by atoms with Gasteiger partial charge in [0.05, 0.1) is 12.6 Å². The summed E-state index contributed by atoms with van der Waals surface area (Å²) in [5, 5.41) is 11.4. The Labute approximate surface area is 176 Å². The molecular formula is C23H27N5O2. The fourth-order valence-electron chi connectivity index (χ4n) is 3.61. The molecule has 0 unspecified atom stereocenters. The second kappa shape index (κ2) is 9.19. The molecule has 1 saturated heterocycles. The predicted octanol–water partition coefficient (Wildman–Crippen LogP) is 3.36. The third-order valence-electron chi connectivity index (χ3n) is 5.48. The molecule has 1 atom stereocenters. The maximum atomic E-state index is 12.3. The number of nitrogens with one attached hydrogen (secondary N) is 1. The van der Waals surface area contributed by atoms with E-state index in [0.29, 0.717) is 18.3 Å². The molecule has 0 saturated carbocycles. The molecule has 30 heavy (non-hydrogen) atoms. The van der Waals surface area contributed by atoms with Gasteiger partial charge in [0.15, 0.2) is 0 Å². The van der Waals surface area contributed by atoms with Crippen molar-refractivity contribution in [2.75, 3.05) is 38.0 Å². The van der Waals surface area contributed by atoms with Gasteiger partial charge in [-0.05, 0) is 38.1 Å². The zero-order valence-electron chi connectivity index (χ0n) is 17.4. The van der Waals surface area contributed by atoms with E-state index in [2.05, 4.69) is 32.2 Å². The summed E-state index contributed by atoms with van der Waals surface area (Å²) in [5.74, 6) is 1.19. The number of amides is 1. The summed E-state index contributed by atoms with van der Waals surface area (Å²) in [6, 6.07) is 17.7. The van der Waals surface area contributed by atoms with E-state index < -0.39 is 0 Å². The van der Waals surface area contributed by atoms with Crippen molar-refractivity contribution in [3.63, 3.8) is 0 Å². The number of nitrogens with zero attached hydrogens (tertiary/aromatic N) is 4. The summed E-state index contributed by atoms with van der Waals surface area (Å²) >= 11 is 0. The number of carbonyl (C=O) groups is 1. The Morgan fingerprint density at radius 1 is 1.03 bits per heavy atom. The molecule has 3 aromatic rings. The minimum absolute atomic E-state index is 0.0183. The monoisotopic (exact) mass is 405 g/mol. The third-order valence-corrected chi connectivity index (χ3v) is 5.48. The van der Waals surface area contributed by atoms with Crippen LogP contribution < -0.4 is 5.32 Å². The lowest BCUT2D eigenvalue weighted by molar-refractivity contribution is -0.117. The number of piperazine rings is 1. The normalized spacial score (nSPS) is 16.3. The molecule has 7 nitrogen and oxygen atoms in total. The van der Waals surface area contributed by atoms with Crippen LogP contribution in [0.4, 0.5) is 5.69 Å². The Bertz CT molecular complexity index is 963. The first-order valence-corrected chi connectivity index (χ1v) is 10.3. The van der Waals surface area contributed by atoms with Crippen LogP contribution in [0.1, 0.15) is 24.4 Å². The van der Waals surface area contributed by atoms with Gasteiger partial charge in [0.2, 0.25) is 17.7 Å². The largest absolute Gasteiger partial charge is 0.419 e. The lowest BCUT2D eigenvalue weighted by Crippen LogP contribution is -2.49. The van der Waals surface area contributed by atoms with Crippen LogP contribution in [-0.2, 0) is 4.79 Å². The molecule has 7 heteroatoms. The number of benzene rings is 2. The molecule has 1 aliphatic heterocycles. The molecular weight excluding hydrogens is 378 g/mol. The minimum atomic E-state index is 0.0183. The third kappa shape index (κ3) is 4.93. The van der Waals surface area contributed by atoms with E-state index in [1.807, 2.05) is 61.5 Å². The summed E-state index contributed by atoms with van der Waals surface area (Å²) < 4.78 is 5.91. The average molecular weight is 406 g/mol. The van der Waals surface area contributed by atoms with Crippen molar-refractivity contribution in [2.24, 2.45) is 0 Å². The highest BCUT2D eigenvalue weighted by Gasteiger charge is 2.26. The average Bonchev–Trinajstić information content (AvgIpc) is 3.26. The number of anilines is 1. The first-order valence-electron chi connectivity index (χ1n) is 10.3. The molecule has 0 bridgehead atoms. The van der Waals surface area contributed by atoms with Crippen LogP contribution in [0.5, 0.6) is 0 Å². The van der Waals surface area contributed by atoms with E-state index in [9.17, 15) is 4.79 Å². The molecule has 4 rings (SSSR count). The van der Waals surface area contributed by atoms with Crippen LogP contribution in [0, 0.1) is 6.92 Å². The molecule has 0 spiro atoms. The zero-order chi connectivity index (χ0) is 20.9. The number of carbonyl (C=O) groups excluding carboxylic acids is 1. The van der Waals surface area contributed by atoms with Crippen molar-refractivity contribution >= 4 is 11.6 Å². The van der Waals surface area contributed by atoms with Crippen molar-refractivity contribution in [3.8, 4) is 11.5 Å². The topological polar surface area (TPSA) is 74.5 Å². The lowest BCUT2D eigenvalue weighted by atomic mass is 10.2. The molecule has 2 aromatic carbocycles. The molecule has 0 radical (unpaired) electrons. The van der Waals surface area contributed by atoms with E-state index in [0.717, 1.165) is 37.4 Å². The van der Waals surface area contributed by atoms with Crippen LogP contribution in [0.15, 0.2) is 59.0 Å². The quantitative estimate of drug-likeness (QED) is 0.678. The van der Waals surface area contributed by atoms with Gasteiger partial charge in [0.25, 0.3) is 0 Å². The first kappa shape index (κ1) is 20.3. The van der Waals surface area contributed by atoms with E-state index in [-0.39, 0.29) is 11.9 Å². The SMILES string of the molecule is Cc1ccc(NC(=O)CN2CCN([C@@H](C)c3nnc(-c4ccccc4)o3)CC2)cc1. The number of rotatable bonds is 6. The highest BCUT2D eigenvalue weighted by Crippen LogP contribution is 2.24. The van der Waals surface area contributed by atoms with E-state index in [4.69, 9.17) is 4.42 Å². The van der Waals surface area contributed by atoms with Crippen LogP contribution in [0.3, 0.4) is 0 Å². The molecule has 2 heterocycles. The van der Waals surface area contributed by atoms with E-state index >= 15 is 0 Å². The summed E-state index contributed by atoms with van der Waals surface area (Å²) in [5.41, 5.74) is 2.94. The smallest absolute Gasteiger partial charge is 0.247 e. The Kier molecular flexibility index (Phi) is 6.21. The second-order valence-electron chi connectivity index (χ2n) is 7.71. The Morgan fingerprint density at radius 3 is 2.43 bits per heavy atom. The lowest BCUT2D eigenvalue weighted by Gasteiger charge is -2.36. The van der Waals surface area contributed by atoms with Gasteiger partial charge in [-0.2, -0.15) is 0 Å². The molecule has 0 aliphatic carbocycles. The summed E-state index contributed by atoms with van der Waals surface area (Å²) in [6.07, 6.45) is 0. The standard InChI is InChI=1S/C23H27N5O2/c1-17-8-10-20(11-9-17)24-21(29)16-27-12-14-28(15-13-27)18(2)22-25-26-23(30-22)19-6-4-3-5-7-19/h3-11,18H,12-16H2,1-2H3,(H,24,29)/t18-/m0/s1. The fourth-order valence-corrected chi connectivity index (χ4v) is 3.61. The van der Waals surface area contributed by atoms with E-state index in [1.165, 1.54) is 5.56 Å². The molecule has 1 aromatic heterocycles. The van der Waals surface area contributed by atoms with Crippen LogP contribution in [0.2, 0.25) is 0 Å². The van der Waals surface area contributed by atoms with Gasteiger partial charge in [-0.1, -0.05) is 35.9 Å². The van der Waals surface area contributed by atoms with Crippen molar-refractivity contribution < 1.29 is 9.21 Å². The van der Waals surface area contributed by atoms with Crippen LogP contribution in [0.25, 0.3) is 11.5 Å². The number of hydrogen-bond donors (Lipinski definition) is 1. The second-order valence-corrected chi connectivity index (χ2v) is 7.71. The van der Waals surface area contributed by atoms with Crippen LogP contribution >= 0.6 is 0 Å². The van der Waals surface area contributed by atoms with Gasteiger partial charge < -0.3 is 9.73 Å². The van der Waals surface area contributed by atoms with Crippen molar-refractivity contribution in [2.45, 2.75) is 19.9 Å². The summed E-state index contributed by atoms with van der Waals surface area (Å²) in [4.78, 5) is 16.8. The molecule has 1 aliphatic rings. The number of aromatic nitrogens is 2. The minimum Gasteiger partial charge on any atom is -0.419 e. The van der Waals surface area contributed by atoms with Crippen molar-refractivity contribution in [1.82, 2.24) is 20.0 Å². The van der Waals surface area contributed by atoms with Gasteiger partial charge >= 0.3 is 0 Å². The zero-order valence-corrected chi connectivity index (χ0v) is 17.4. The fraction of sp³-hybridized carbons (Fsp3) is 0.348. The maximum Gasteiger partial charge on any atom is 0.247 e. The molecule has 1 fully saturated rings. The Balaban J connectivity index is 1.27. The van der Waals surface area contributed by atoms with Gasteiger partial charge in [-0.25, -0.2) is 0 Å². The first-order chi connectivity index (χ1) is 14.6. The Hall–Kier alpha value is -3.03.